The molecule has 23 heavy (non-hydrogen) atoms. The number of carbonyl (C=O) groups excluding carboxylic acids is 3. The Hall–Kier alpha value is -2.16. The molecule has 0 aromatic rings. The molecule has 0 unspecified atom stereocenters. The summed E-state index contributed by atoms with van der Waals surface area (Å²) < 4.78 is 18.7. The van der Waals surface area contributed by atoms with E-state index in [9.17, 15) is 18.8 Å². The second kappa shape index (κ2) is 6.53. The van der Waals surface area contributed by atoms with Crippen molar-refractivity contribution < 1.29 is 28.3 Å². The zero-order valence-electron chi connectivity index (χ0n) is 13.2. The minimum absolute atomic E-state index is 0.136. The minimum atomic E-state index is -2.42. The van der Waals surface area contributed by atoms with Crippen molar-refractivity contribution in [1.82, 2.24) is 9.96 Å². The van der Waals surface area contributed by atoms with E-state index in [1.165, 1.54) is 4.90 Å². The number of ether oxygens (including phenoxy) is 1. The number of nitrogens with two attached hydrogens (primary N) is 1. The van der Waals surface area contributed by atoms with Gasteiger partial charge in [0.2, 0.25) is 5.91 Å². The van der Waals surface area contributed by atoms with Crippen molar-refractivity contribution in [1.29, 1.82) is 0 Å². The quantitative estimate of drug-likeness (QED) is 0.564. The maximum Gasteiger partial charge on any atom is 0.371 e. The van der Waals surface area contributed by atoms with Gasteiger partial charge in [-0.2, -0.15) is 5.06 Å². The van der Waals surface area contributed by atoms with Gasteiger partial charge in [-0.15, -0.1) is 0 Å². The molecule has 0 aliphatic carbocycles. The number of hydroxylamine groups is 2. The molecule has 0 aromatic carbocycles. The van der Waals surface area contributed by atoms with Crippen molar-refractivity contribution in [2.24, 2.45) is 5.73 Å². The number of amides is 3. The molecular weight excluding hydrogens is 309 g/mol. The largest absolute Gasteiger partial charge is 0.459 e. The summed E-state index contributed by atoms with van der Waals surface area (Å²) in [5.41, 5.74) is 5.86. The van der Waals surface area contributed by atoms with Crippen LogP contribution in [-0.4, -0.2) is 59.0 Å². The van der Waals surface area contributed by atoms with Crippen molar-refractivity contribution >= 4 is 17.9 Å². The Bertz CT molecular complexity index is 553. The second-order valence-electron chi connectivity index (χ2n) is 5.62. The number of alkyl halides is 1. The predicted molar refractivity (Wildman–Crippen MR) is 76.3 cm³/mol. The predicted octanol–water partition coefficient (Wildman–Crippen LogP) is 0.475. The summed E-state index contributed by atoms with van der Waals surface area (Å²) in [4.78, 5) is 41.3. The molecule has 2 aliphatic heterocycles. The van der Waals surface area contributed by atoms with E-state index in [1.807, 2.05) is 0 Å². The number of esters is 1. The fourth-order valence-corrected chi connectivity index (χ4v) is 2.58. The van der Waals surface area contributed by atoms with Crippen LogP contribution in [0.2, 0.25) is 0 Å². The normalized spacial score (nSPS) is 25.9. The molecule has 0 radical (unpaired) electrons. The lowest BCUT2D eigenvalue weighted by molar-refractivity contribution is -0.225. The summed E-state index contributed by atoms with van der Waals surface area (Å²) in [6.45, 7) is 5.18. The van der Waals surface area contributed by atoms with Gasteiger partial charge in [0.15, 0.2) is 0 Å². The van der Waals surface area contributed by atoms with Crippen LogP contribution >= 0.6 is 0 Å². The Balaban J connectivity index is 2.07. The van der Waals surface area contributed by atoms with Crippen LogP contribution in [0, 0.1) is 0 Å². The van der Waals surface area contributed by atoms with E-state index in [4.69, 9.17) is 15.3 Å². The first-order valence-electron chi connectivity index (χ1n) is 7.35. The molecular formula is C14H20FN3O5. The van der Waals surface area contributed by atoms with E-state index < -0.39 is 42.5 Å². The number of primary amides is 1. The molecule has 128 valence electrons. The molecule has 3 amide bonds. The van der Waals surface area contributed by atoms with E-state index in [0.29, 0.717) is 12.0 Å². The summed E-state index contributed by atoms with van der Waals surface area (Å²) in [5, 5.41) is 0.745. The van der Waals surface area contributed by atoms with Gasteiger partial charge in [-0.3, -0.25) is 4.79 Å². The van der Waals surface area contributed by atoms with E-state index in [1.54, 1.807) is 26.8 Å². The number of rotatable bonds is 6. The molecule has 4 atom stereocenters. The summed E-state index contributed by atoms with van der Waals surface area (Å²) in [6.07, 6.45) is -0.749. The minimum Gasteiger partial charge on any atom is -0.459 e. The molecule has 2 N–H and O–H groups in total. The SMILES string of the molecule is CC[C@H](C)OC(=O)[C@H](F)ON1C(=O)N2C[C@@H]1C=C(C)[C@H]2C(N)=O. The first-order valence-corrected chi connectivity index (χ1v) is 7.35. The highest BCUT2D eigenvalue weighted by Gasteiger charge is 2.48. The zero-order chi connectivity index (χ0) is 17.3. The topological polar surface area (TPSA) is 102 Å². The molecule has 1 fully saturated rings. The first kappa shape index (κ1) is 17.2. The van der Waals surface area contributed by atoms with Crippen LogP contribution in [0.5, 0.6) is 0 Å². The van der Waals surface area contributed by atoms with Crippen molar-refractivity contribution in [3.8, 4) is 0 Å². The Morgan fingerprint density at radius 1 is 1.52 bits per heavy atom. The van der Waals surface area contributed by atoms with Gasteiger partial charge in [0.05, 0.1) is 18.7 Å². The lowest BCUT2D eigenvalue weighted by atomic mass is 10.0. The average Bonchev–Trinajstić information content (AvgIpc) is 2.71. The van der Waals surface area contributed by atoms with Crippen molar-refractivity contribution in [3.63, 3.8) is 0 Å². The third-order valence-corrected chi connectivity index (χ3v) is 3.87. The van der Waals surface area contributed by atoms with Crippen LogP contribution in [-0.2, 0) is 19.2 Å². The van der Waals surface area contributed by atoms with E-state index in [-0.39, 0.29) is 6.54 Å². The third-order valence-electron chi connectivity index (χ3n) is 3.87. The maximum atomic E-state index is 13.9. The van der Waals surface area contributed by atoms with Crippen molar-refractivity contribution in [3.05, 3.63) is 11.6 Å². The van der Waals surface area contributed by atoms with Gasteiger partial charge < -0.3 is 15.4 Å². The summed E-state index contributed by atoms with van der Waals surface area (Å²) in [5.74, 6) is -1.88. The van der Waals surface area contributed by atoms with E-state index >= 15 is 0 Å². The molecule has 9 heteroatoms. The molecule has 0 aromatic heterocycles. The van der Waals surface area contributed by atoms with Gasteiger partial charge in [0, 0.05) is 0 Å². The van der Waals surface area contributed by atoms with Crippen LogP contribution in [0.25, 0.3) is 0 Å². The van der Waals surface area contributed by atoms with Crippen LogP contribution in [0.3, 0.4) is 0 Å². The van der Waals surface area contributed by atoms with Crippen LogP contribution in [0.1, 0.15) is 27.2 Å². The number of nitrogens with zero attached hydrogens (tertiary/aromatic N) is 2. The monoisotopic (exact) mass is 329 g/mol. The fraction of sp³-hybridized carbons (Fsp3) is 0.643. The number of fused-ring (bicyclic) bond motifs is 2. The zero-order valence-corrected chi connectivity index (χ0v) is 13.2. The fourth-order valence-electron chi connectivity index (χ4n) is 2.58. The maximum absolute atomic E-state index is 13.9. The lowest BCUT2D eigenvalue weighted by Gasteiger charge is -2.27. The highest BCUT2D eigenvalue weighted by Crippen LogP contribution is 2.30. The second-order valence-corrected chi connectivity index (χ2v) is 5.62. The van der Waals surface area contributed by atoms with Crippen molar-refractivity contribution in [2.45, 2.75) is 51.7 Å². The summed E-state index contributed by atoms with van der Waals surface area (Å²) >= 11 is 0. The Labute approximate surface area is 132 Å². The molecule has 0 spiro atoms. The molecule has 1 saturated heterocycles. The number of carbonyl (C=O) groups is 3. The molecule has 2 bridgehead atoms. The van der Waals surface area contributed by atoms with Gasteiger partial charge in [0.1, 0.15) is 6.04 Å². The third kappa shape index (κ3) is 3.29. The molecule has 0 saturated carbocycles. The van der Waals surface area contributed by atoms with Crippen molar-refractivity contribution in [2.75, 3.05) is 6.54 Å². The Kier molecular flexibility index (Phi) is 4.88. The van der Waals surface area contributed by atoms with Crippen LogP contribution in [0.15, 0.2) is 11.6 Å². The summed E-state index contributed by atoms with van der Waals surface area (Å²) in [7, 11) is 0. The number of urea groups is 1. The van der Waals surface area contributed by atoms with Gasteiger partial charge >= 0.3 is 18.4 Å². The molecule has 8 nitrogen and oxygen atoms in total. The van der Waals surface area contributed by atoms with Crippen LogP contribution < -0.4 is 5.73 Å². The Morgan fingerprint density at radius 2 is 2.17 bits per heavy atom. The standard InChI is InChI=1S/C14H20FN3O5/c1-4-8(3)22-13(20)11(15)23-18-9-5-7(2)10(12(16)19)17(6-9)14(18)21/h5,8-11H,4,6H2,1-3H3,(H2,16,19)/t8-,9-,10-,11+/m0/s1. The van der Waals surface area contributed by atoms with E-state index in [0.717, 1.165) is 5.06 Å². The average molecular weight is 329 g/mol. The summed E-state index contributed by atoms with van der Waals surface area (Å²) in [6, 6.07) is -2.20. The lowest BCUT2D eigenvalue weighted by Crippen LogP contribution is -2.48. The molecule has 2 heterocycles. The highest BCUT2D eigenvalue weighted by molar-refractivity contribution is 5.90. The smallest absolute Gasteiger partial charge is 0.371 e. The van der Waals surface area contributed by atoms with Gasteiger partial charge in [-0.05, 0) is 25.8 Å². The van der Waals surface area contributed by atoms with Gasteiger partial charge in [-0.25, -0.2) is 18.8 Å². The number of hydrogen-bond donors (Lipinski definition) is 1. The van der Waals surface area contributed by atoms with Crippen LogP contribution in [0.4, 0.5) is 9.18 Å². The van der Waals surface area contributed by atoms with Gasteiger partial charge in [-0.1, -0.05) is 13.0 Å². The Morgan fingerprint density at radius 3 is 2.74 bits per heavy atom. The first-order chi connectivity index (χ1) is 10.8. The molecule has 2 rings (SSSR count). The number of halogens is 1. The van der Waals surface area contributed by atoms with Gasteiger partial charge in [0.25, 0.3) is 0 Å². The molecule has 2 aliphatic rings. The van der Waals surface area contributed by atoms with E-state index in [2.05, 4.69) is 0 Å². The number of hydrogen-bond acceptors (Lipinski definition) is 5. The highest BCUT2D eigenvalue weighted by atomic mass is 19.1.